The fraction of sp³-hybridized carbons (Fsp3) is 0.0690. The summed E-state index contributed by atoms with van der Waals surface area (Å²) < 4.78 is 14.6. The van der Waals surface area contributed by atoms with Gasteiger partial charge in [-0.15, -0.1) is 0 Å². The first-order valence-electron chi connectivity index (χ1n) is 11.4. The van der Waals surface area contributed by atoms with Gasteiger partial charge in [-0.25, -0.2) is 9.18 Å². The summed E-state index contributed by atoms with van der Waals surface area (Å²) in [5.74, 6) is -2.40. The molecule has 184 valence electrons. The number of phenols is 1. The van der Waals surface area contributed by atoms with Crippen molar-refractivity contribution in [2.75, 3.05) is 10.3 Å². The molecule has 0 saturated carbocycles. The van der Waals surface area contributed by atoms with Crippen molar-refractivity contribution in [3.05, 3.63) is 107 Å². The maximum atomic E-state index is 14.6. The molecule has 0 unspecified atom stereocenters. The van der Waals surface area contributed by atoms with Crippen molar-refractivity contribution in [3.8, 4) is 16.9 Å². The van der Waals surface area contributed by atoms with Crippen LogP contribution in [0.15, 0.2) is 84.0 Å². The van der Waals surface area contributed by atoms with Crippen molar-refractivity contribution in [1.29, 1.82) is 0 Å². The van der Waals surface area contributed by atoms with Gasteiger partial charge in [-0.3, -0.25) is 15.1 Å². The van der Waals surface area contributed by atoms with E-state index in [2.05, 4.69) is 10.5 Å². The van der Waals surface area contributed by atoms with E-state index < -0.39 is 17.7 Å². The number of hydrogen-bond acceptors (Lipinski definition) is 5. The van der Waals surface area contributed by atoms with Crippen LogP contribution in [0.3, 0.4) is 0 Å². The molecule has 7 nitrogen and oxygen atoms in total. The molecule has 8 heteroatoms. The van der Waals surface area contributed by atoms with E-state index in [4.69, 9.17) is 0 Å². The monoisotopic (exact) mass is 495 g/mol. The van der Waals surface area contributed by atoms with E-state index in [1.54, 1.807) is 36.4 Å². The van der Waals surface area contributed by atoms with Gasteiger partial charge < -0.3 is 10.2 Å². The number of carbonyl (C=O) groups excluding carboxylic acids is 1. The SMILES string of the molecule is Cc1cc(C)cc(-c2cc(F)cc(N/N=C3\C(=O)N(c4cccc(C(=O)O)c4)c4ccccc43)c2O)c1. The van der Waals surface area contributed by atoms with Gasteiger partial charge in [-0.2, -0.15) is 5.10 Å². The predicted molar refractivity (Wildman–Crippen MR) is 140 cm³/mol. The van der Waals surface area contributed by atoms with Gasteiger partial charge in [0.15, 0.2) is 5.71 Å². The Morgan fingerprint density at radius 1 is 0.919 bits per heavy atom. The first kappa shape index (κ1) is 23.7. The van der Waals surface area contributed by atoms with Crippen molar-refractivity contribution >= 4 is 34.7 Å². The minimum atomic E-state index is -1.11. The number of aromatic hydroxyl groups is 1. The zero-order chi connectivity index (χ0) is 26.3. The van der Waals surface area contributed by atoms with Gasteiger partial charge in [-0.05, 0) is 49.7 Å². The number of hydrogen-bond donors (Lipinski definition) is 3. The topological polar surface area (TPSA) is 102 Å². The number of halogens is 1. The van der Waals surface area contributed by atoms with Crippen LogP contribution in [0.4, 0.5) is 21.5 Å². The van der Waals surface area contributed by atoms with Gasteiger partial charge >= 0.3 is 5.97 Å². The number of anilines is 3. The Labute approximate surface area is 212 Å². The quantitative estimate of drug-likeness (QED) is 0.233. The summed E-state index contributed by atoms with van der Waals surface area (Å²) in [5.41, 5.74) is 7.01. The number of hydrazone groups is 1. The summed E-state index contributed by atoms with van der Waals surface area (Å²) in [5, 5.41) is 24.6. The minimum Gasteiger partial charge on any atom is -0.505 e. The fourth-order valence-corrected chi connectivity index (χ4v) is 4.49. The van der Waals surface area contributed by atoms with Crippen LogP contribution < -0.4 is 10.3 Å². The largest absolute Gasteiger partial charge is 0.505 e. The molecular weight excluding hydrogens is 473 g/mol. The lowest BCUT2D eigenvalue weighted by Crippen LogP contribution is -2.26. The Hall–Kier alpha value is -4.98. The second kappa shape index (κ2) is 9.23. The number of nitrogens with zero attached hydrogens (tertiary/aromatic N) is 2. The lowest BCUT2D eigenvalue weighted by Gasteiger charge is -2.17. The zero-order valence-electron chi connectivity index (χ0n) is 20.0. The number of aromatic carboxylic acids is 1. The van der Waals surface area contributed by atoms with Crippen LogP contribution in [-0.2, 0) is 4.79 Å². The van der Waals surface area contributed by atoms with Crippen LogP contribution >= 0.6 is 0 Å². The molecule has 0 spiro atoms. The van der Waals surface area contributed by atoms with Crippen LogP contribution in [0.1, 0.15) is 27.0 Å². The third-order valence-corrected chi connectivity index (χ3v) is 6.05. The van der Waals surface area contributed by atoms with Crippen LogP contribution in [0, 0.1) is 19.7 Å². The number of carboxylic acids is 1. The summed E-state index contributed by atoms with van der Waals surface area (Å²) in [6, 6.07) is 21.0. The molecule has 4 aromatic rings. The molecule has 0 atom stereocenters. The number of amides is 1. The van der Waals surface area contributed by atoms with E-state index in [-0.39, 0.29) is 22.7 Å². The number of carboxylic acid groups (broad SMARTS) is 1. The molecule has 0 saturated heterocycles. The zero-order valence-corrected chi connectivity index (χ0v) is 20.0. The van der Waals surface area contributed by atoms with Crippen LogP contribution in [0.25, 0.3) is 11.1 Å². The van der Waals surface area contributed by atoms with Crippen LogP contribution in [0.2, 0.25) is 0 Å². The maximum Gasteiger partial charge on any atom is 0.335 e. The first-order chi connectivity index (χ1) is 17.7. The van der Waals surface area contributed by atoms with Crippen molar-refractivity contribution in [3.63, 3.8) is 0 Å². The second-order valence-corrected chi connectivity index (χ2v) is 8.81. The Morgan fingerprint density at radius 2 is 1.65 bits per heavy atom. The summed E-state index contributed by atoms with van der Waals surface area (Å²) in [6.07, 6.45) is 0. The minimum absolute atomic E-state index is 0.00161. The van der Waals surface area contributed by atoms with Crippen molar-refractivity contribution in [2.24, 2.45) is 5.10 Å². The Balaban J connectivity index is 1.55. The average Bonchev–Trinajstić information content (AvgIpc) is 3.14. The van der Waals surface area contributed by atoms with Gasteiger partial charge in [0.1, 0.15) is 17.3 Å². The molecule has 0 aromatic heterocycles. The van der Waals surface area contributed by atoms with Crippen molar-refractivity contribution in [1.82, 2.24) is 0 Å². The molecule has 37 heavy (non-hydrogen) atoms. The van der Waals surface area contributed by atoms with Gasteiger partial charge in [-0.1, -0.05) is 53.6 Å². The van der Waals surface area contributed by atoms with E-state index in [1.807, 2.05) is 32.0 Å². The highest BCUT2D eigenvalue weighted by atomic mass is 19.1. The van der Waals surface area contributed by atoms with E-state index in [0.29, 0.717) is 28.1 Å². The molecule has 0 radical (unpaired) electrons. The third kappa shape index (κ3) is 4.40. The number of nitrogens with one attached hydrogen (secondary N) is 1. The van der Waals surface area contributed by atoms with Crippen molar-refractivity contribution < 1.29 is 24.2 Å². The standard InChI is InChI=1S/C29H22FN3O4/c1-16-10-17(2)12-19(11-16)23-14-20(30)15-24(27(23)34)31-32-26-22-8-3-4-9-25(22)33(28(26)35)21-7-5-6-18(13-21)29(36)37/h3-15,31,34H,1-2H3,(H,36,37)/b32-26-. The van der Waals surface area contributed by atoms with Crippen LogP contribution in [0.5, 0.6) is 5.75 Å². The normalized spacial score (nSPS) is 13.6. The maximum absolute atomic E-state index is 14.6. The number of aryl methyl sites for hydroxylation is 2. The molecular formula is C29H22FN3O4. The number of phenolic OH excluding ortho intramolecular Hbond substituents is 1. The number of benzene rings is 4. The molecule has 4 aromatic carbocycles. The Bertz CT molecular complexity index is 1590. The average molecular weight is 496 g/mol. The number of fused-ring (bicyclic) bond motifs is 1. The Kier molecular flexibility index (Phi) is 5.93. The highest BCUT2D eigenvalue weighted by Gasteiger charge is 2.35. The van der Waals surface area contributed by atoms with Gasteiger partial charge in [0.25, 0.3) is 5.91 Å². The molecule has 0 aliphatic carbocycles. The second-order valence-electron chi connectivity index (χ2n) is 8.81. The van der Waals surface area contributed by atoms with E-state index in [0.717, 1.165) is 17.2 Å². The molecule has 0 bridgehead atoms. The van der Waals surface area contributed by atoms with Gasteiger partial charge in [0.2, 0.25) is 0 Å². The lowest BCUT2D eigenvalue weighted by atomic mass is 9.99. The summed E-state index contributed by atoms with van der Waals surface area (Å²) in [4.78, 5) is 26.3. The summed E-state index contributed by atoms with van der Waals surface area (Å²) >= 11 is 0. The molecule has 1 heterocycles. The number of carbonyl (C=O) groups is 2. The first-order valence-corrected chi connectivity index (χ1v) is 11.4. The van der Waals surface area contributed by atoms with Gasteiger partial charge in [0, 0.05) is 17.2 Å². The van der Waals surface area contributed by atoms with E-state index in [9.17, 15) is 24.2 Å². The molecule has 1 aliphatic heterocycles. The highest BCUT2D eigenvalue weighted by molar-refractivity contribution is 6.55. The number of para-hydroxylation sites is 1. The third-order valence-electron chi connectivity index (χ3n) is 6.05. The highest BCUT2D eigenvalue weighted by Crippen LogP contribution is 2.39. The van der Waals surface area contributed by atoms with E-state index in [1.165, 1.54) is 23.1 Å². The Morgan fingerprint density at radius 3 is 2.38 bits per heavy atom. The molecule has 0 fully saturated rings. The summed E-state index contributed by atoms with van der Waals surface area (Å²) in [7, 11) is 0. The lowest BCUT2D eigenvalue weighted by molar-refractivity contribution is -0.111. The number of rotatable bonds is 5. The summed E-state index contributed by atoms with van der Waals surface area (Å²) in [6.45, 7) is 3.83. The molecule has 5 rings (SSSR count). The van der Waals surface area contributed by atoms with Gasteiger partial charge in [0.05, 0.1) is 16.9 Å². The smallest absolute Gasteiger partial charge is 0.335 e. The van der Waals surface area contributed by atoms with Crippen molar-refractivity contribution in [2.45, 2.75) is 13.8 Å². The molecule has 3 N–H and O–H groups in total. The predicted octanol–water partition coefficient (Wildman–Crippen LogP) is 6.01. The fourth-order valence-electron chi connectivity index (χ4n) is 4.49. The molecule has 1 aliphatic rings. The van der Waals surface area contributed by atoms with Crippen LogP contribution in [-0.4, -0.2) is 27.8 Å². The molecule has 1 amide bonds. The van der Waals surface area contributed by atoms with E-state index >= 15 is 0 Å².